The summed E-state index contributed by atoms with van der Waals surface area (Å²) in [6, 6.07) is 23.3. The Morgan fingerprint density at radius 2 is 1.84 bits per heavy atom. The van der Waals surface area contributed by atoms with E-state index in [-0.39, 0.29) is 18.5 Å². The number of hydrogen-bond acceptors (Lipinski definition) is 5. The maximum absolute atomic E-state index is 12.0. The first-order valence-corrected chi connectivity index (χ1v) is 10.1. The SMILES string of the molecule is COC(=O)Cc1cccc(Oc2ccc(-c3ccccc3)cc2CN2CCOC2=O)c1. The molecule has 0 unspecified atom stereocenters. The third kappa shape index (κ3) is 5.04. The Bertz CT molecular complexity index is 1080. The van der Waals surface area contributed by atoms with E-state index in [1.54, 1.807) is 4.90 Å². The molecule has 3 aromatic carbocycles. The van der Waals surface area contributed by atoms with E-state index in [2.05, 4.69) is 0 Å². The predicted octanol–water partition coefficient (Wildman–Crippen LogP) is 4.81. The molecule has 31 heavy (non-hydrogen) atoms. The number of carbonyl (C=O) groups is 2. The quantitative estimate of drug-likeness (QED) is 0.516. The molecule has 1 saturated heterocycles. The van der Waals surface area contributed by atoms with Crippen LogP contribution in [-0.2, 0) is 27.2 Å². The first-order chi connectivity index (χ1) is 15.1. The number of esters is 1. The average Bonchev–Trinajstić information content (AvgIpc) is 3.20. The van der Waals surface area contributed by atoms with E-state index < -0.39 is 0 Å². The largest absolute Gasteiger partial charge is 0.469 e. The van der Waals surface area contributed by atoms with Crippen molar-refractivity contribution in [3.8, 4) is 22.6 Å². The van der Waals surface area contributed by atoms with Gasteiger partial charge in [0.2, 0.25) is 0 Å². The zero-order chi connectivity index (χ0) is 21.6. The highest BCUT2D eigenvalue weighted by molar-refractivity contribution is 5.72. The Morgan fingerprint density at radius 1 is 1.00 bits per heavy atom. The highest BCUT2D eigenvalue weighted by atomic mass is 16.6. The van der Waals surface area contributed by atoms with Gasteiger partial charge in [0.25, 0.3) is 0 Å². The van der Waals surface area contributed by atoms with Gasteiger partial charge in [0.05, 0.1) is 26.6 Å². The standard InChI is InChI=1S/C25H23NO5/c1-29-24(27)15-18-6-5-9-22(14-18)31-23-11-10-20(19-7-3-2-4-8-19)16-21(23)17-26-12-13-30-25(26)28/h2-11,14,16H,12-13,15,17H2,1H3. The second kappa shape index (κ2) is 9.34. The van der Waals surface area contributed by atoms with Crippen molar-refractivity contribution in [1.82, 2.24) is 4.90 Å². The van der Waals surface area contributed by atoms with E-state index in [9.17, 15) is 9.59 Å². The van der Waals surface area contributed by atoms with E-state index in [0.717, 1.165) is 22.3 Å². The first kappa shape index (κ1) is 20.5. The zero-order valence-electron chi connectivity index (χ0n) is 17.2. The number of benzene rings is 3. The molecule has 1 amide bonds. The van der Waals surface area contributed by atoms with Crippen LogP contribution in [0.5, 0.6) is 11.5 Å². The lowest BCUT2D eigenvalue weighted by Gasteiger charge is -2.18. The minimum absolute atomic E-state index is 0.174. The Kier molecular flexibility index (Phi) is 6.17. The van der Waals surface area contributed by atoms with Gasteiger partial charge in [0.1, 0.15) is 18.1 Å². The maximum atomic E-state index is 12.0. The summed E-state index contributed by atoms with van der Waals surface area (Å²) < 4.78 is 16.0. The molecule has 4 rings (SSSR count). The topological polar surface area (TPSA) is 65.1 Å². The summed E-state index contributed by atoms with van der Waals surface area (Å²) >= 11 is 0. The molecule has 1 aliphatic heterocycles. The van der Waals surface area contributed by atoms with E-state index in [1.165, 1.54) is 7.11 Å². The number of cyclic esters (lactones) is 1. The van der Waals surface area contributed by atoms with Crippen molar-refractivity contribution in [2.24, 2.45) is 0 Å². The number of amides is 1. The fourth-order valence-electron chi connectivity index (χ4n) is 3.47. The fourth-order valence-corrected chi connectivity index (χ4v) is 3.47. The van der Waals surface area contributed by atoms with Crippen molar-refractivity contribution in [3.63, 3.8) is 0 Å². The number of methoxy groups -OCH3 is 1. The van der Waals surface area contributed by atoms with Gasteiger partial charge in [-0.2, -0.15) is 0 Å². The van der Waals surface area contributed by atoms with Crippen LogP contribution >= 0.6 is 0 Å². The lowest BCUT2D eigenvalue weighted by molar-refractivity contribution is -0.139. The number of carbonyl (C=O) groups excluding carboxylic acids is 2. The van der Waals surface area contributed by atoms with Crippen LogP contribution in [0.1, 0.15) is 11.1 Å². The van der Waals surface area contributed by atoms with E-state index >= 15 is 0 Å². The van der Waals surface area contributed by atoms with Gasteiger partial charge in [-0.25, -0.2) is 4.79 Å². The van der Waals surface area contributed by atoms with Crippen LogP contribution in [0.15, 0.2) is 72.8 Å². The predicted molar refractivity (Wildman–Crippen MR) is 116 cm³/mol. The highest BCUT2D eigenvalue weighted by Gasteiger charge is 2.23. The van der Waals surface area contributed by atoms with Crippen LogP contribution in [-0.4, -0.2) is 37.2 Å². The van der Waals surface area contributed by atoms with Crippen molar-refractivity contribution in [1.29, 1.82) is 0 Å². The maximum Gasteiger partial charge on any atom is 0.410 e. The second-order valence-corrected chi connectivity index (χ2v) is 7.23. The van der Waals surface area contributed by atoms with E-state index in [1.807, 2.05) is 72.8 Å². The average molecular weight is 417 g/mol. The third-order valence-electron chi connectivity index (χ3n) is 5.08. The number of nitrogens with zero attached hydrogens (tertiary/aromatic N) is 1. The Labute approximate surface area is 181 Å². The number of rotatable bonds is 7. The van der Waals surface area contributed by atoms with E-state index in [4.69, 9.17) is 14.2 Å². The lowest BCUT2D eigenvalue weighted by atomic mass is 10.0. The molecule has 0 aliphatic carbocycles. The summed E-state index contributed by atoms with van der Waals surface area (Å²) in [5.74, 6) is 0.950. The molecule has 158 valence electrons. The van der Waals surface area contributed by atoms with Gasteiger partial charge in [-0.3, -0.25) is 4.79 Å². The summed E-state index contributed by atoms with van der Waals surface area (Å²) in [5, 5.41) is 0. The molecule has 1 aliphatic rings. The highest BCUT2D eigenvalue weighted by Crippen LogP contribution is 2.32. The van der Waals surface area contributed by atoms with Gasteiger partial charge in [0, 0.05) is 5.56 Å². The van der Waals surface area contributed by atoms with Crippen LogP contribution in [0.25, 0.3) is 11.1 Å². The molecule has 0 spiro atoms. The van der Waals surface area contributed by atoms with Crippen molar-refractivity contribution in [2.45, 2.75) is 13.0 Å². The van der Waals surface area contributed by atoms with E-state index in [0.29, 0.717) is 31.2 Å². The molecule has 0 N–H and O–H groups in total. The minimum atomic E-state index is -0.323. The summed E-state index contributed by atoms with van der Waals surface area (Å²) in [6.45, 7) is 1.32. The molecule has 1 heterocycles. The molecule has 0 radical (unpaired) electrons. The van der Waals surface area contributed by atoms with Crippen LogP contribution < -0.4 is 4.74 Å². The zero-order valence-corrected chi connectivity index (χ0v) is 17.2. The third-order valence-corrected chi connectivity index (χ3v) is 5.08. The summed E-state index contributed by atoms with van der Waals surface area (Å²) in [5.41, 5.74) is 3.79. The van der Waals surface area contributed by atoms with Crippen molar-refractivity contribution >= 4 is 12.1 Å². The van der Waals surface area contributed by atoms with Crippen molar-refractivity contribution in [3.05, 3.63) is 83.9 Å². The Morgan fingerprint density at radius 3 is 2.58 bits per heavy atom. The van der Waals surface area contributed by atoms with Crippen LogP contribution in [0.2, 0.25) is 0 Å². The molecule has 6 heteroatoms. The van der Waals surface area contributed by atoms with Gasteiger partial charge in [-0.05, 0) is 41.0 Å². The molecule has 6 nitrogen and oxygen atoms in total. The number of hydrogen-bond donors (Lipinski definition) is 0. The second-order valence-electron chi connectivity index (χ2n) is 7.23. The Hall–Kier alpha value is -3.80. The van der Waals surface area contributed by atoms with Gasteiger partial charge in [0.15, 0.2) is 0 Å². The van der Waals surface area contributed by atoms with Crippen LogP contribution in [0, 0.1) is 0 Å². The molecule has 3 aromatic rings. The smallest absolute Gasteiger partial charge is 0.410 e. The molecule has 0 bridgehead atoms. The lowest BCUT2D eigenvalue weighted by Crippen LogP contribution is -2.23. The van der Waals surface area contributed by atoms with Gasteiger partial charge >= 0.3 is 12.1 Å². The normalized spacial score (nSPS) is 13.1. The van der Waals surface area contributed by atoms with Crippen molar-refractivity contribution < 1.29 is 23.8 Å². The number of ether oxygens (including phenoxy) is 3. The van der Waals surface area contributed by atoms with Crippen LogP contribution in [0.3, 0.4) is 0 Å². The summed E-state index contributed by atoms with van der Waals surface area (Å²) in [6.07, 6.45) is -0.149. The van der Waals surface area contributed by atoms with Gasteiger partial charge in [-0.15, -0.1) is 0 Å². The molecular weight excluding hydrogens is 394 g/mol. The minimum Gasteiger partial charge on any atom is -0.469 e. The monoisotopic (exact) mass is 417 g/mol. The van der Waals surface area contributed by atoms with Gasteiger partial charge < -0.3 is 19.1 Å². The first-order valence-electron chi connectivity index (χ1n) is 10.1. The van der Waals surface area contributed by atoms with Crippen LogP contribution in [0.4, 0.5) is 4.79 Å². The summed E-state index contributed by atoms with van der Waals surface area (Å²) in [4.78, 5) is 25.2. The van der Waals surface area contributed by atoms with Crippen molar-refractivity contribution in [2.75, 3.05) is 20.3 Å². The molecule has 0 aromatic heterocycles. The molecular formula is C25H23NO5. The Balaban J connectivity index is 1.63. The van der Waals surface area contributed by atoms with Gasteiger partial charge in [-0.1, -0.05) is 48.5 Å². The summed E-state index contributed by atoms with van der Waals surface area (Å²) in [7, 11) is 1.37. The molecule has 0 atom stereocenters. The molecule has 0 saturated carbocycles. The fraction of sp³-hybridized carbons (Fsp3) is 0.200. The molecule has 1 fully saturated rings.